The molecule has 0 radical (unpaired) electrons. The van der Waals surface area contributed by atoms with Gasteiger partial charge in [0.25, 0.3) is 11.5 Å². The molecule has 0 saturated heterocycles. The van der Waals surface area contributed by atoms with Crippen molar-refractivity contribution in [2.45, 2.75) is 25.3 Å². The summed E-state index contributed by atoms with van der Waals surface area (Å²) in [6, 6.07) is 7.29. The van der Waals surface area contributed by atoms with Crippen LogP contribution in [0.2, 0.25) is 0 Å². The quantitative estimate of drug-likeness (QED) is 0.107. The predicted molar refractivity (Wildman–Crippen MR) is 122 cm³/mol. The highest BCUT2D eigenvalue weighted by Crippen LogP contribution is 2.40. The molecule has 18 heteroatoms. The van der Waals surface area contributed by atoms with Crippen LogP contribution in [0.25, 0.3) is 22.2 Å². The molecule has 0 aliphatic rings. The number of halogens is 9. The van der Waals surface area contributed by atoms with Crippen molar-refractivity contribution in [3.8, 4) is 17.0 Å². The van der Waals surface area contributed by atoms with Gasteiger partial charge in [-0.15, -0.1) is 13.2 Å². The van der Waals surface area contributed by atoms with Crippen LogP contribution in [0.3, 0.4) is 0 Å². The molecule has 4 rings (SSSR count). The van der Waals surface area contributed by atoms with Crippen LogP contribution in [0.1, 0.15) is 10.4 Å². The molecule has 1 N–H and O–H groups in total. The molecule has 0 aliphatic carbocycles. The Balaban J connectivity index is 1.81. The first kappa shape index (κ1) is 29.1. The first-order valence-electron chi connectivity index (χ1n) is 10.9. The molecule has 0 saturated carbocycles. The number of hydrogen-bond donors (Lipinski definition) is 1. The number of benzene rings is 2. The maximum atomic E-state index is 13.1. The summed E-state index contributed by atoms with van der Waals surface area (Å²) in [6.45, 7) is -1.35. The van der Waals surface area contributed by atoms with E-state index in [-0.39, 0.29) is 28.9 Å². The summed E-state index contributed by atoms with van der Waals surface area (Å²) in [4.78, 5) is 29.5. The molecular formula is C23H12F9N5O4. The van der Waals surface area contributed by atoms with E-state index in [9.17, 15) is 54.4 Å². The fraction of sp³-hybridized carbons (Fsp3) is 0.174. The van der Waals surface area contributed by atoms with Gasteiger partial charge in [-0.3, -0.25) is 14.9 Å². The zero-order valence-corrected chi connectivity index (χ0v) is 19.7. The zero-order valence-electron chi connectivity index (χ0n) is 19.7. The van der Waals surface area contributed by atoms with Gasteiger partial charge in [0.1, 0.15) is 12.1 Å². The lowest BCUT2D eigenvalue weighted by molar-refractivity contribution is -0.385. The van der Waals surface area contributed by atoms with Gasteiger partial charge < -0.3 is 14.6 Å². The van der Waals surface area contributed by atoms with Gasteiger partial charge in [-0.2, -0.15) is 26.3 Å². The van der Waals surface area contributed by atoms with E-state index in [1.54, 1.807) is 0 Å². The summed E-state index contributed by atoms with van der Waals surface area (Å²) in [5.74, 6) is -4.81. The van der Waals surface area contributed by atoms with Gasteiger partial charge in [-0.05, 0) is 12.1 Å². The number of carbonyl (C=O) groups is 1. The Morgan fingerprint density at radius 2 is 1.71 bits per heavy atom. The number of nitrogens with one attached hydrogen (secondary N) is 1. The molecule has 0 aliphatic heterocycles. The minimum Gasteiger partial charge on any atom is -0.404 e. The molecule has 0 fully saturated rings. The third-order valence-electron chi connectivity index (χ3n) is 5.34. The number of Topliss-reactive ketones (excluding diaryl/α,β-unsaturated/α-hetero) is 1. The van der Waals surface area contributed by atoms with E-state index in [4.69, 9.17) is 0 Å². The fourth-order valence-electron chi connectivity index (χ4n) is 3.83. The largest absolute Gasteiger partial charge is 0.573 e. The van der Waals surface area contributed by atoms with Crippen LogP contribution in [0, 0.1) is 10.1 Å². The first-order valence-corrected chi connectivity index (χ1v) is 10.9. The van der Waals surface area contributed by atoms with E-state index in [2.05, 4.69) is 20.0 Å². The lowest BCUT2D eigenvalue weighted by Crippen LogP contribution is -2.24. The second-order valence-corrected chi connectivity index (χ2v) is 8.19. The molecule has 0 amide bonds. The average Bonchev–Trinajstić information content (AvgIpc) is 3.20. The number of fused-ring (bicyclic) bond motifs is 1. The normalized spacial score (nSPS) is 12.4. The van der Waals surface area contributed by atoms with E-state index in [0.717, 1.165) is 17.0 Å². The molecule has 2 aromatic heterocycles. The van der Waals surface area contributed by atoms with Crippen LogP contribution in [0.15, 0.2) is 54.9 Å². The molecule has 41 heavy (non-hydrogen) atoms. The van der Waals surface area contributed by atoms with Crippen molar-refractivity contribution >= 4 is 34.0 Å². The summed E-state index contributed by atoms with van der Waals surface area (Å²) in [5.41, 5.74) is -3.87. The first-order chi connectivity index (χ1) is 18.9. The second kappa shape index (κ2) is 10.3. The molecule has 4 aromatic rings. The lowest BCUT2D eigenvalue weighted by Gasteiger charge is -2.16. The Kier molecular flexibility index (Phi) is 7.27. The van der Waals surface area contributed by atoms with E-state index >= 15 is 0 Å². The smallest absolute Gasteiger partial charge is 0.404 e. The van der Waals surface area contributed by atoms with Crippen molar-refractivity contribution in [1.29, 1.82) is 0 Å². The summed E-state index contributed by atoms with van der Waals surface area (Å²) < 4.78 is 122. The average molecular weight is 593 g/mol. The maximum Gasteiger partial charge on any atom is 0.573 e. The van der Waals surface area contributed by atoms with E-state index in [1.165, 1.54) is 30.3 Å². The van der Waals surface area contributed by atoms with Gasteiger partial charge in [0.05, 0.1) is 16.3 Å². The number of ether oxygens (including phenoxy) is 1. The van der Waals surface area contributed by atoms with Gasteiger partial charge in [0.2, 0.25) is 5.95 Å². The molecule has 0 atom stereocenters. The Morgan fingerprint density at radius 3 is 2.32 bits per heavy atom. The molecule has 0 bridgehead atoms. The van der Waals surface area contributed by atoms with Crippen LogP contribution in [0.4, 0.5) is 56.8 Å². The summed E-state index contributed by atoms with van der Waals surface area (Å²) in [7, 11) is 0. The van der Waals surface area contributed by atoms with Crippen molar-refractivity contribution < 1.29 is 54.0 Å². The van der Waals surface area contributed by atoms with Crippen LogP contribution in [0.5, 0.6) is 5.75 Å². The van der Waals surface area contributed by atoms with Crippen molar-refractivity contribution in [2.24, 2.45) is 0 Å². The van der Waals surface area contributed by atoms with Gasteiger partial charge in [-0.25, -0.2) is 9.97 Å². The van der Waals surface area contributed by atoms with Crippen LogP contribution >= 0.6 is 0 Å². The van der Waals surface area contributed by atoms with Gasteiger partial charge in [0, 0.05) is 41.0 Å². The number of alkyl halides is 9. The highest BCUT2D eigenvalue weighted by molar-refractivity contribution is 6.04. The number of rotatable bonds is 7. The zero-order chi connectivity index (χ0) is 30.3. The number of aromatic nitrogens is 3. The minimum atomic E-state index is -5.67. The Labute approximate surface area is 221 Å². The topological polar surface area (TPSA) is 112 Å². The van der Waals surface area contributed by atoms with Crippen LogP contribution in [-0.2, 0) is 6.54 Å². The SMILES string of the molecule is O=C(c1cc(OC(F)(F)F)c(Nc2nccc(-c3cn(CC(F)(F)F)c4ccccc34)n2)cc1[N+](=O)[O-])C(F)(F)F. The van der Waals surface area contributed by atoms with E-state index in [1.807, 2.05) is 0 Å². The van der Waals surface area contributed by atoms with E-state index < -0.39 is 64.6 Å². The number of nitrogens with zero attached hydrogens (tertiary/aromatic N) is 4. The summed E-state index contributed by atoms with van der Waals surface area (Å²) in [5, 5.41) is 13.9. The highest BCUT2D eigenvalue weighted by Gasteiger charge is 2.44. The molecule has 0 spiro atoms. The molecule has 2 heterocycles. The maximum absolute atomic E-state index is 13.1. The number of carbonyl (C=O) groups excluding carboxylic acids is 1. The van der Waals surface area contributed by atoms with Gasteiger partial charge in [-0.1, -0.05) is 18.2 Å². The number of anilines is 2. The van der Waals surface area contributed by atoms with Crippen molar-refractivity contribution in [2.75, 3.05) is 5.32 Å². The third kappa shape index (κ3) is 6.64. The van der Waals surface area contributed by atoms with Crippen molar-refractivity contribution in [1.82, 2.24) is 14.5 Å². The predicted octanol–water partition coefficient (Wildman–Crippen LogP) is 6.96. The number of para-hydroxylation sites is 1. The molecule has 216 valence electrons. The Bertz CT molecular complexity index is 1650. The van der Waals surface area contributed by atoms with Crippen molar-refractivity contribution in [3.63, 3.8) is 0 Å². The van der Waals surface area contributed by atoms with E-state index in [0.29, 0.717) is 5.39 Å². The highest BCUT2D eigenvalue weighted by atomic mass is 19.4. The van der Waals surface area contributed by atoms with Gasteiger partial charge >= 0.3 is 18.7 Å². The number of ketones is 1. The monoisotopic (exact) mass is 593 g/mol. The molecule has 2 aromatic carbocycles. The van der Waals surface area contributed by atoms with Crippen molar-refractivity contribution in [3.05, 3.63) is 70.5 Å². The lowest BCUT2D eigenvalue weighted by atomic mass is 10.1. The second-order valence-electron chi connectivity index (χ2n) is 8.19. The summed E-state index contributed by atoms with van der Waals surface area (Å²) in [6.07, 6.45) is -13.6. The molecule has 9 nitrogen and oxygen atoms in total. The number of hydrogen-bond acceptors (Lipinski definition) is 7. The molecular weight excluding hydrogens is 581 g/mol. The third-order valence-corrected chi connectivity index (χ3v) is 5.34. The van der Waals surface area contributed by atoms with Crippen LogP contribution < -0.4 is 10.1 Å². The number of nitro groups is 1. The molecule has 0 unspecified atom stereocenters. The minimum absolute atomic E-state index is 0.0312. The fourth-order valence-corrected chi connectivity index (χ4v) is 3.83. The Hall–Kier alpha value is -4.90. The van der Waals surface area contributed by atoms with Crippen LogP contribution in [-0.4, -0.2) is 44.0 Å². The van der Waals surface area contributed by atoms with Gasteiger partial charge in [0.15, 0.2) is 5.75 Å². The standard InChI is InChI=1S/C23H12F9N5O4/c24-21(25,26)10-36-9-13(11-3-1-2-4-16(11)36)14-5-6-33-20(34-14)35-15-8-17(37(39)40)12(19(38)22(27,28)29)7-18(15)41-23(30,31)32/h1-9H,10H2,(H,33,34,35). The summed E-state index contributed by atoms with van der Waals surface area (Å²) >= 11 is 0. The Morgan fingerprint density at radius 1 is 1.02 bits per heavy atom. The number of nitro benzene ring substituents is 1.